The van der Waals surface area contributed by atoms with Gasteiger partial charge in [-0.2, -0.15) is 0 Å². The van der Waals surface area contributed by atoms with Gasteiger partial charge in [0.2, 0.25) is 0 Å². The molecular formula is C46H30N4. The molecule has 0 saturated heterocycles. The first-order valence-electron chi connectivity index (χ1n) is 16.9. The van der Waals surface area contributed by atoms with Gasteiger partial charge in [0, 0.05) is 43.9 Å². The summed E-state index contributed by atoms with van der Waals surface area (Å²) in [5.41, 5.74) is 11.8. The van der Waals surface area contributed by atoms with Crippen molar-refractivity contribution in [3.8, 4) is 45.3 Å². The number of hydrogen-bond acceptors (Lipinski definition) is 2. The molecule has 0 atom stereocenters. The molecule has 0 N–H and O–H groups in total. The van der Waals surface area contributed by atoms with E-state index in [2.05, 4.69) is 155 Å². The predicted molar refractivity (Wildman–Crippen MR) is 207 cm³/mol. The average molecular weight is 639 g/mol. The van der Waals surface area contributed by atoms with E-state index >= 15 is 0 Å². The second-order valence-electron chi connectivity index (χ2n) is 12.6. The van der Waals surface area contributed by atoms with Gasteiger partial charge >= 0.3 is 0 Å². The van der Waals surface area contributed by atoms with Crippen LogP contribution in [0.2, 0.25) is 0 Å². The summed E-state index contributed by atoms with van der Waals surface area (Å²) in [7, 11) is 0. The minimum atomic E-state index is 0.699. The molecule has 0 spiro atoms. The topological polar surface area (TPSA) is 35.6 Å². The van der Waals surface area contributed by atoms with Gasteiger partial charge in [-0.05, 0) is 54.6 Å². The highest BCUT2D eigenvalue weighted by atomic mass is 15.1. The molecule has 10 rings (SSSR count). The van der Waals surface area contributed by atoms with Crippen LogP contribution in [0.5, 0.6) is 0 Å². The number of rotatable bonds is 5. The average Bonchev–Trinajstić information content (AvgIpc) is 3.72. The lowest BCUT2D eigenvalue weighted by Gasteiger charge is -2.15. The summed E-state index contributed by atoms with van der Waals surface area (Å²) in [6.07, 6.45) is 0. The van der Waals surface area contributed by atoms with Crippen molar-refractivity contribution in [3.05, 3.63) is 182 Å². The molecule has 0 aliphatic heterocycles. The van der Waals surface area contributed by atoms with Gasteiger partial charge in [-0.15, -0.1) is 0 Å². The maximum absolute atomic E-state index is 5.08. The van der Waals surface area contributed by atoms with Crippen LogP contribution >= 0.6 is 0 Å². The Morgan fingerprint density at radius 2 is 0.800 bits per heavy atom. The fourth-order valence-electron chi connectivity index (χ4n) is 7.48. The van der Waals surface area contributed by atoms with Crippen molar-refractivity contribution in [2.24, 2.45) is 0 Å². The van der Waals surface area contributed by atoms with E-state index in [1.54, 1.807) is 0 Å². The van der Waals surface area contributed by atoms with E-state index in [4.69, 9.17) is 9.97 Å². The number of benzene rings is 7. The third-order valence-corrected chi connectivity index (χ3v) is 9.74. The van der Waals surface area contributed by atoms with Crippen LogP contribution in [0.1, 0.15) is 0 Å². The largest absolute Gasteiger partial charge is 0.307 e. The van der Waals surface area contributed by atoms with Crippen LogP contribution in [0, 0.1) is 0 Å². The first-order chi connectivity index (χ1) is 24.8. The van der Waals surface area contributed by atoms with Gasteiger partial charge < -0.3 is 9.13 Å². The molecule has 50 heavy (non-hydrogen) atoms. The fourth-order valence-corrected chi connectivity index (χ4v) is 7.48. The Bertz CT molecular complexity index is 2740. The summed E-state index contributed by atoms with van der Waals surface area (Å²) in [6.45, 7) is 0. The van der Waals surface area contributed by atoms with Crippen molar-refractivity contribution < 1.29 is 0 Å². The molecule has 0 aliphatic carbocycles. The molecule has 3 heterocycles. The third kappa shape index (κ3) is 4.46. The molecule has 0 fully saturated rings. The molecule has 4 nitrogen and oxygen atoms in total. The van der Waals surface area contributed by atoms with Crippen molar-refractivity contribution >= 4 is 43.6 Å². The van der Waals surface area contributed by atoms with E-state index < -0.39 is 0 Å². The predicted octanol–water partition coefficient (Wildman–Crippen LogP) is 11.7. The molecule has 3 aromatic heterocycles. The molecule has 0 amide bonds. The zero-order chi connectivity index (χ0) is 33.0. The molecule has 0 radical (unpaired) electrons. The standard InChI is InChI=1S/C46H30N4/c1-3-14-31(15-4-1)39-30-40(32-16-5-2-6-17-32)48-46(47-39)33-26-28-34(29-27-33)49-41-22-10-9-20-37(41)38-21-13-25-44(45(38)49)50-42-23-11-7-18-35(42)36-19-8-12-24-43(36)50/h1-30H. The van der Waals surface area contributed by atoms with Crippen LogP contribution in [0.3, 0.4) is 0 Å². The summed E-state index contributed by atoms with van der Waals surface area (Å²) in [5, 5.41) is 4.94. The Labute approximate surface area is 289 Å². The van der Waals surface area contributed by atoms with Crippen molar-refractivity contribution in [2.45, 2.75) is 0 Å². The number of fused-ring (bicyclic) bond motifs is 6. The molecule has 234 valence electrons. The van der Waals surface area contributed by atoms with Crippen LogP contribution in [0.25, 0.3) is 88.9 Å². The van der Waals surface area contributed by atoms with E-state index in [-0.39, 0.29) is 0 Å². The number of nitrogens with zero attached hydrogens (tertiary/aromatic N) is 4. The smallest absolute Gasteiger partial charge is 0.160 e. The van der Waals surface area contributed by atoms with Crippen molar-refractivity contribution in [1.82, 2.24) is 19.1 Å². The van der Waals surface area contributed by atoms with Crippen molar-refractivity contribution in [1.29, 1.82) is 0 Å². The highest BCUT2D eigenvalue weighted by molar-refractivity contribution is 6.15. The molecule has 4 heteroatoms. The Kier molecular flexibility index (Phi) is 6.46. The Balaban J connectivity index is 1.18. The lowest BCUT2D eigenvalue weighted by atomic mass is 10.1. The lowest BCUT2D eigenvalue weighted by molar-refractivity contribution is 1.13. The van der Waals surface area contributed by atoms with E-state index in [9.17, 15) is 0 Å². The number of aromatic nitrogens is 4. The lowest BCUT2D eigenvalue weighted by Crippen LogP contribution is -2.01. The molecule has 7 aromatic carbocycles. The van der Waals surface area contributed by atoms with Crippen LogP contribution in [0.15, 0.2) is 182 Å². The maximum atomic E-state index is 5.08. The van der Waals surface area contributed by atoms with Gasteiger partial charge in [0.05, 0.1) is 39.1 Å². The second-order valence-corrected chi connectivity index (χ2v) is 12.6. The molecular weight excluding hydrogens is 609 g/mol. The first kappa shape index (κ1) is 28.3. The van der Waals surface area contributed by atoms with Gasteiger partial charge in [-0.3, -0.25) is 0 Å². The summed E-state index contributed by atoms with van der Waals surface area (Å²) < 4.78 is 4.83. The summed E-state index contributed by atoms with van der Waals surface area (Å²) in [5.74, 6) is 0.699. The second kappa shape index (κ2) is 11.4. The van der Waals surface area contributed by atoms with E-state index in [1.807, 2.05) is 36.4 Å². The normalized spacial score (nSPS) is 11.6. The van der Waals surface area contributed by atoms with E-state index in [0.29, 0.717) is 5.82 Å². The monoisotopic (exact) mass is 638 g/mol. The molecule has 0 aliphatic rings. The van der Waals surface area contributed by atoms with Crippen LogP contribution in [-0.4, -0.2) is 19.1 Å². The summed E-state index contributed by atoms with van der Waals surface area (Å²) >= 11 is 0. The van der Waals surface area contributed by atoms with Gasteiger partial charge in [0.25, 0.3) is 0 Å². The summed E-state index contributed by atoms with van der Waals surface area (Å²) in [6, 6.07) is 64.2. The zero-order valence-electron chi connectivity index (χ0n) is 27.1. The fraction of sp³-hybridized carbons (Fsp3) is 0. The molecule has 0 saturated carbocycles. The van der Waals surface area contributed by atoms with E-state index in [1.165, 1.54) is 38.1 Å². The van der Waals surface area contributed by atoms with Crippen molar-refractivity contribution in [2.75, 3.05) is 0 Å². The number of para-hydroxylation sites is 4. The molecule has 0 unspecified atom stereocenters. The molecule has 10 aromatic rings. The van der Waals surface area contributed by atoms with Crippen LogP contribution in [-0.2, 0) is 0 Å². The van der Waals surface area contributed by atoms with E-state index in [0.717, 1.165) is 45.0 Å². The van der Waals surface area contributed by atoms with Crippen LogP contribution < -0.4 is 0 Å². The number of hydrogen-bond donors (Lipinski definition) is 0. The van der Waals surface area contributed by atoms with Gasteiger partial charge in [-0.1, -0.05) is 127 Å². The van der Waals surface area contributed by atoms with Gasteiger partial charge in [0.1, 0.15) is 0 Å². The highest BCUT2D eigenvalue weighted by Crippen LogP contribution is 2.39. The Morgan fingerprint density at radius 3 is 1.36 bits per heavy atom. The summed E-state index contributed by atoms with van der Waals surface area (Å²) in [4.78, 5) is 10.2. The first-order valence-corrected chi connectivity index (χ1v) is 16.9. The zero-order valence-corrected chi connectivity index (χ0v) is 27.1. The van der Waals surface area contributed by atoms with Crippen molar-refractivity contribution in [3.63, 3.8) is 0 Å². The van der Waals surface area contributed by atoms with Gasteiger partial charge in [-0.25, -0.2) is 9.97 Å². The van der Waals surface area contributed by atoms with Gasteiger partial charge in [0.15, 0.2) is 5.82 Å². The van der Waals surface area contributed by atoms with Crippen LogP contribution in [0.4, 0.5) is 0 Å². The maximum Gasteiger partial charge on any atom is 0.160 e. The quantitative estimate of drug-likeness (QED) is 0.188. The minimum absolute atomic E-state index is 0.699. The Hall–Kier alpha value is -6.78. The molecule has 0 bridgehead atoms. The third-order valence-electron chi connectivity index (χ3n) is 9.74. The highest BCUT2D eigenvalue weighted by Gasteiger charge is 2.20. The minimum Gasteiger partial charge on any atom is -0.307 e. The SMILES string of the molecule is c1ccc(-c2cc(-c3ccccc3)nc(-c3ccc(-n4c5ccccc5c5cccc(-n6c7ccccc7c7ccccc76)c54)cc3)n2)cc1. The Morgan fingerprint density at radius 1 is 0.340 bits per heavy atom.